The number of nitrogens with zero attached hydrogens (tertiary/aromatic N) is 1. The minimum Gasteiger partial charge on any atom is -0.258 e. The molecule has 0 aliphatic rings. The Labute approximate surface area is 106 Å². The highest BCUT2D eigenvalue weighted by atomic mass is 32.2. The lowest BCUT2D eigenvalue weighted by Gasteiger charge is -2.07. The molecule has 0 saturated carbocycles. The van der Waals surface area contributed by atoms with E-state index in [0.29, 0.717) is 12.1 Å². The third-order valence-electron chi connectivity index (χ3n) is 1.88. The van der Waals surface area contributed by atoms with Crippen LogP contribution in [0.1, 0.15) is 11.1 Å². The Morgan fingerprint density at radius 3 is 2.32 bits per heavy atom. The molecule has 0 heterocycles. The lowest BCUT2D eigenvalue weighted by molar-refractivity contribution is -0.388. The predicted octanol–water partition coefficient (Wildman–Crippen LogP) is 1.97. The normalized spacial score (nSPS) is 11.6. The molecule has 0 radical (unpaired) electrons. The van der Waals surface area contributed by atoms with Crippen LogP contribution in [0.3, 0.4) is 0 Å². The maximum atomic E-state index is 12.6. The van der Waals surface area contributed by atoms with Gasteiger partial charge in [-0.25, -0.2) is 8.42 Å². The highest BCUT2D eigenvalue weighted by Crippen LogP contribution is 2.36. The molecule has 5 nitrogen and oxygen atoms in total. The van der Waals surface area contributed by atoms with Gasteiger partial charge in [-0.1, -0.05) is 5.92 Å². The van der Waals surface area contributed by atoms with Crippen LogP contribution in [0.5, 0.6) is 0 Å². The van der Waals surface area contributed by atoms with Gasteiger partial charge >= 0.3 is 6.18 Å². The van der Waals surface area contributed by atoms with Crippen LogP contribution in [0.4, 0.5) is 18.9 Å². The van der Waals surface area contributed by atoms with Crippen LogP contribution in [0.2, 0.25) is 0 Å². The van der Waals surface area contributed by atoms with E-state index in [1.54, 1.807) is 5.25 Å². The summed E-state index contributed by atoms with van der Waals surface area (Å²) in [6.45, 7) is 0. The second kappa shape index (κ2) is 4.89. The van der Waals surface area contributed by atoms with Gasteiger partial charge in [-0.05, 0) is 12.1 Å². The summed E-state index contributed by atoms with van der Waals surface area (Å²) in [5, 5.41) is 12.2. The Kier molecular flexibility index (Phi) is 3.86. The van der Waals surface area contributed by atoms with Crippen LogP contribution in [0.25, 0.3) is 0 Å². The first kappa shape index (κ1) is 15.0. The summed E-state index contributed by atoms with van der Waals surface area (Å²) >= 11 is 0. The van der Waals surface area contributed by atoms with Crippen molar-refractivity contribution < 1.29 is 26.5 Å². The van der Waals surface area contributed by atoms with E-state index in [9.17, 15) is 31.7 Å². The first-order valence-electron chi connectivity index (χ1n) is 4.59. The molecule has 0 amide bonds. The molecule has 0 aliphatic heterocycles. The highest BCUT2D eigenvalue weighted by molar-refractivity contribution is 7.95. The molecule has 0 spiro atoms. The first-order valence-corrected chi connectivity index (χ1v) is 6.48. The molecule has 0 N–H and O–H groups in total. The summed E-state index contributed by atoms with van der Waals surface area (Å²) in [5.74, 6) is 2.00. The van der Waals surface area contributed by atoms with Gasteiger partial charge in [-0.3, -0.25) is 10.1 Å². The van der Waals surface area contributed by atoms with E-state index in [2.05, 4.69) is 0 Å². The number of nitro benzene ring substituents is 1. The van der Waals surface area contributed by atoms with E-state index in [-0.39, 0.29) is 5.56 Å². The number of benzene rings is 1. The van der Waals surface area contributed by atoms with E-state index in [1.165, 1.54) is 0 Å². The minimum atomic E-state index is -4.93. The maximum Gasteiger partial charge on any atom is 0.423 e. The zero-order valence-corrected chi connectivity index (χ0v) is 10.2. The van der Waals surface area contributed by atoms with Crippen molar-refractivity contribution in [3.8, 4) is 11.2 Å². The molecule has 0 saturated heterocycles. The third kappa shape index (κ3) is 4.26. The van der Waals surface area contributed by atoms with E-state index in [4.69, 9.17) is 0 Å². The summed E-state index contributed by atoms with van der Waals surface area (Å²) in [7, 11) is -3.67. The van der Waals surface area contributed by atoms with Gasteiger partial charge in [0.15, 0.2) is 0 Å². The van der Waals surface area contributed by atoms with Crippen LogP contribution in [-0.4, -0.2) is 19.6 Å². The summed E-state index contributed by atoms with van der Waals surface area (Å²) in [6, 6.07) is 2.02. The van der Waals surface area contributed by atoms with Crippen LogP contribution < -0.4 is 0 Å². The molecule has 1 rings (SSSR count). The zero-order valence-electron chi connectivity index (χ0n) is 9.35. The van der Waals surface area contributed by atoms with E-state index >= 15 is 0 Å². The van der Waals surface area contributed by atoms with Crippen LogP contribution in [-0.2, 0) is 16.0 Å². The quantitative estimate of drug-likeness (QED) is 0.450. The smallest absolute Gasteiger partial charge is 0.258 e. The van der Waals surface area contributed by atoms with Crippen molar-refractivity contribution in [2.24, 2.45) is 0 Å². The molecule has 0 aliphatic carbocycles. The second-order valence-electron chi connectivity index (χ2n) is 3.49. The van der Waals surface area contributed by atoms with E-state index in [1.807, 2.05) is 5.92 Å². The molecule has 9 heteroatoms. The van der Waals surface area contributed by atoms with Crippen LogP contribution in [0, 0.1) is 21.3 Å². The number of sulfone groups is 1. The average Bonchev–Trinajstić information content (AvgIpc) is 2.23. The lowest BCUT2D eigenvalue weighted by Crippen LogP contribution is -2.09. The Balaban J connectivity index is 3.42. The van der Waals surface area contributed by atoms with E-state index in [0.717, 1.165) is 12.3 Å². The average molecular weight is 293 g/mol. The van der Waals surface area contributed by atoms with Gasteiger partial charge in [-0.2, -0.15) is 13.2 Å². The van der Waals surface area contributed by atoms with Gasteiger partial charge in [0.1, 0.15) is 5.56 Å². The highest BCUT2D eigenvalue weighted by Gasteiger charge is 2.38. The number of rotatable bonds is 1. The van der Waals surface area contributed by atoms with Gasteiger partial charge in [0.2, 0.25) is 9.84 Å². The minimum absolute atomic E-state index is 0.275. The number of hydrogen-bond acceptors (Lipinski definition) is 4. The van der Waals surface area contributed by atoms with Gasteiger partial charge in [-0.15, -0.1) is 0 Å². The maximum absolute atomic E-state index is 12.6. The fourth-order valence-corrected chi connectivity index (χ4v) is 1.45. The molecule has 0 bridgehead atoms. The van der Waals surface area contributed by atoms with Crippen molar-refractivity contribution in [1.82, 2.24) is 0 Å². The van der Waals surface area contributed by atoms with Crippen molar-refractivity contribution in [2.75, 3.05) is 6.26 Å². The summed E-state index contributed by atoms with van der Waals surface area (Å²) < 4.78 is 59.3. The van der Waals surface area contributed by atoms with Crippen molar-refractivity contribution >= 4 is 15.5 Å². The summed E-state index contributed by atoms with van der Waals surface area (Å²) in [4.78, 5) is 9.30. The van der Waals surface area contributed by atoms with Gasteiger partial charge < -0.3 is 0 Å². The number of hydrogen-bond donors (Lipinski definition) is 0. The topological polar surface area (TPSA) is 77.3 Å². The number of nitro groups is 1. The molecule has 0 atom stereocenters. The molecular weight excluding hydrogens is 287 g/mol. The fourth-order valence-electron chi connectivity index (χ4n) is 1.15. The Hall–Kier alpha value is -2.08. The predicted molar refractivity (Wildman–Crippen MR) is 59.8 cm³/mol. The molecule has 0 fully saturated rings. The lowest BCUT2D eigenvalue weighted by atomic mass is 10.1. The van der Waals surface area contributed by atoms with Gasteiger partial charge in [0.05, 0.1) is 11.2 Å². The number of alkyl halides is 3. The molecule has 0 unspecified atom stereocenters. The molecule has 1 aromatic rings. The van der Waals surface area contributed by atoms with Gasteiger partial charge in [0, 0.05) is 16.9 Å². The van der Waals surface area contributed by atoms with Crippen molar-refractivity contribution in [3.05, 3.63) is 39.4 Å². The Morgan fingerprint density at radius 1 is 1.32 bits per heavy atom. The second-order valence-corrected chi connectivity index (χ2v) is 5.23. The fraction of sp³-hybridized carbons (Fsp3) is 0.200. The first-order chi connectivity index (χ1) is 8.50. The molecule has 19 heavy (non-hydrogen) atoms. The van der Waals surface area contributed by atoms with Crippen LogP contribution >= 0.6 is 0 Å². The van der Waals surface area contributed by atoms with Crippen molar-refractivity contribution in [1.29, 1.82) is 0 Å². The van der Waals surface area contributed by atoms with Crippen LogP contribution in [0.15, 0.2) is 18.2 Å². The van der Waals surface area contributed by atoms with Gasteiger partial charge in [0.25, 0.3) is 5.69 Å². The van der Waals surface area contributed by atoms with Crippen molar-refractivity contribution in [3.63, 3.8) is 0 Å². The standard InChI is InChI=1S/C10H6F3NO4S/c1-19(17,18)5-4-7-2-3-9(14(15)16)8(6-7)10(11,12)13/h2-3,6H,1H3. The summed E-state index contributed by atoms with van der Waals surface area (Å²) in [5.41, 5.74) is -2.86. The molecule has 102 valence electrons. The molecule has 1 aromatic carbocycles. The Bertz CT molecular complexity index is 683. The summed E-state index contributed by atoms with van der Waals surface area (Å²) in [6.07, 6.45) is -4.14. The van der Waals surface area contributed by atoms with Crippen molar-refractivity contribution in [2.45, 2.75) is 6.18 Å². The SMILES string of the molecule is CS(=O)(=O)C#Cc1ccc([N+](=O)[O-])c(C(F)(F)F)c1. The zero-order chi connectivity index (χ0) is 14.8. The monoisotopic (exact) mass is 293 g/mol. The molecular formula is C10H6F3NO4S. The number of halogens is 3. The molecule has 0 aromatic heterocycles. The third-order valence-corrected chi connectivity index (χ3v) is 2.35. The van der Waals surface area contributed by atoms with E-state index < -0.39 is 32.2 Å². The largest absolute Gasteiger partial charge is 0.423 e. The Morgan fingerprint density at radius 2 is 1.89 bits per heavy atom.